The van der Waals surface area contributed by atoms with Gasteiger partial charge in [0.15, 0.2) is 0 Å². The summed E-state index contributed by atoms with van der Waals surface area (Å²) >= 11 is 0. The summed E-state index contributed by atoms with van der Waals surface area (Å²) in [4.78, 5) is 14.3. The third-order valence-electron chi connectivity index (χ3n) is 3.08. The Kier molecular flexibility index (Phi) is 6.04. The van der Waals surface area contributed by atoms with E-state index in [0.717, 1.165) is 19.6 Å². The number of likely N-dealkylation sites (N-methyl/N-ethyl adjacent to an activating group) is 1. The summed E-state index contributed by atoms with van der Waals surface area (Å²) in [6.45, 7) is 9.02. The van der Waals surface area contributed by atoms with Crippen LogP contribution in [0.25, 0.3) is 0 Å². The summed E-state index contributed by atoms with van der Waals surface area (Å²) in [5.74, 6) is -0.0934. The van der Waals surface area contributed by atoms with Crippen LogP contribution in [0.3, 0.4) is 0 Å². The highest BCUT2D eigenvalue weighted by molar-refractivity contribution is 5.94. The lowest BCUT2D eigenvalue weighted by Gasteiger charge is -2.23. The number of amides is 1. The summed E-state index contributed by atoms with van der Waals surface area (Å²) in [6.07, 6.45) is 0. The Morgan fingerprint density at radius 1 is 1.32 bits per heavy atom. The zero-order valence-corrected chi connectivity index (χ0v) is 11.8. The molecule has 102 valence electrons. The highest BCUT2D eigenvalue weighted by Crippen LogP contribution is 2.04. The first-order valence-corrected chi connectivity index (χ1v) is 6.64. The van der Waals surface area contributed by atoms with Gasteiger partial charge < -0.3 is 10.2 Å². The summed E-state index contributed by atoms with van der Waals surface area (Å²) < 4.78 is 0. The molecule has 0 bridgehead atoms. The lowest BCUT2D eigenvalue weighted by molar-refractivity contribution is 0.0930. The van der Waals surface area contributed by atoms with Crippen LogP contribution in [0.1, 0.15) is 36.7 Å². The molecular weight excluding hydrogens is 238 g/mol. The number of nitrogens with one attached hydrogen (secondary N) is 1. The first-order valence-electron chi connectivity index (χ1n) is 6.64. The van der Waals surface area contributed by atoms with Crippen molar-refractivity contribution in [2.24, 2.45) is 0 Å². The van der Waals surface area contributed by atoms with E-state index in [2.05, 4.69) is 24.1 Å². The molecule has 0 spiro atoms. The highest BCUT2D eigenvalue weighted by atomic mass is 16.1. The standard InChI is InChI=1S/C15H21N3O/c1-4-18(5-2)11-12(3)17-15(19)14-8-6-13(10-16)7-9-14/h6-9,12H,4-5,11H2,1-3H3,(H,17,19). The molecule has 19 heavy (non-hydrogen) atoms. The van der Waals surface area contributed by atoms with Gasteiger partial charge in [0.1, 0.15) is 0 Å². The fourth-order valence-electron chi connectivity index (χ4n) is 1.92. The molecular formula is C15H21N3O. The smallest absolute Gasteiger partial charge is 0.251 e. The molecule has 1 unspecified atom stereocenters. The number of hydrogen-bond donors (Lipinski definition) is 1. The Labute approximate surface area is 115 Å². The number of carbonyl (C=O) groups is 1. The number of rotatable bonds is 6. The number of nitrogens with zero attached hydrogens (tertiary/aromatic N) is 2. The van der Waals surface area contributed by atoms with E-state index in [4.69, 9.17) is 5.26 Å². The lowest BCUT2D eigenvalue weighted by Crippen LogP contribution is -2.41. The third-order valence-corrected chi connectivity index (χ3v) is 3.08. The maximum absolute atomic E-state index is 12.0. The van der Waals surface area contributed by atoms with E-state index < -0.39 is 0 Å². The molecule has 0 aliphatic rings. The lowest BCUT2D eigenvalue weighted by atomic mass is 10.1. The first kappa shape index (κ1) is 15.2. The average Bonchev–Trinajstić information content (AvgIpc) is 2.44. The van der Waals surface area contributed by atoms with Gasteiger partial charge in [0, 0.05) is 18.2 Å². The Morgan fingerprint density at radius 3 is 2.37 bits per heavy atom. The van der Waals surface area contributed by atoms with Crippen molar-refractivity contribution >= 4 is 5.91 Å². The first-order chi connectivity index (χ1) is 9.10. The van der Waals surface area contributed by atoms with Crippen LogP contribution in [-0.2, 0) is 0 Å². The zero-order chi connectivity index (χ0) is 14.3. The quantitative estimate of drug-likeness (QED) is 0.850. The molecule has 1 aromatic carbocycles. The van der Waals surface area contributed by atoms with Gasteiger partial charge in [0.25, 0.3) is 5.91 Å². The molecule has 1 atom stereocenters. The van der Waals surface area contributed by atoms with Crippen LogP contribution in [0.4, 0.5) is 0 Å². The van der Waals surface area contributed by atoms with Crippen molar-refractivity contribution in [3.63, 3.8) is 0 Å². The van der Waals surface area contributed by atoms with Gasteiger partial charge in [0.2, 0.25) is 0 Å². The molecule has 0 aromatic heterocycles. The van der Waals surface area contributed by atoms with Crippen LogP contribution in [-0.4, -0.2) is 36.5 Å². The molecule has 1 amide bonds. The summed E-state index contributed by atoms with van der Waals surface area (Å²) in [7, 11) is 0. The molecule has 1 rings (SSSR count). The van der Waals surface area contributed by atoms with E-state index in [1.807, 2.05) is 13.0 Å². The van der Waals surface area contributed by atoms with Gasteiger partial charge in [-0.2, -0.15) is 5.26 Å². The predicted octanol–water partition coefficient (Wildman–Crippen LogP) is 2.02. The van der Waals surface area contributed by atoms with Crippen molar-refractivity contribution < 1.29 is 4.79 Å². The van der Waals surface area contributed by atoms with Crippen molar-refractivity contribution in [3.05, 3.63) is 35.4 Å². The molecule has 1 aromatic rings. The van der Waals surface area contributed by atoms with E-state index >= 15 is 0 Å². The van der Waals surface area contributed by atoms with E-state index in [-0.39, 0.29) is 11.9 Å². The fourth-order valence-corrected chi connectivity index (χ4v) is 1.92. The zero-order valence-electron chi connectivity index (χ0n) is 11.8. The monoisotopic (exact) mass is 259 g/mol. The van der Waals surface area contributed by atoms with Gasteiger partial charge in [-0.15, -0.1) is 0 Å². The highest BCUT2D eigenvalue weighted by Gasteiger charge is 2.11. The minimum Gasteiger partial charge on any atom is -0.348 e. The van der Waals surface area contributed by atoms with E-state index in [0.29, 0.717) is 11.1 Å². The summed E-state index contributed by atoms with van der Waals surface area (Å²) in [5, 5.41) is 11.7. The predicted molar refractivity (Wildman–Crippen MR) is 75.9 cm³/mol. The minimum atomic E-state index is -0.0934. The maximum atomic E-state index is 12.0. The Morgan fingerprint density at radius 2 is 1.89 bits per heavy atom. The molecule has 0 saturated heterocycles. The van der Waals surface area contributed by atoms with Gasteiger partial charge in [-0.1, -0.05) is 13.8 Å². The molecule has 4 nitrogen and oxygen atoms in total. The van der Waals surface area contributed by atoms with Gasteiger partial charge in [-0.25, -0.2) is 0 Å². The number of hydrogen-bond acceptors (Lipinski definition) is 3. The maximum Gasteiger partial charge on any atom is 0.251 e. The van der Waals surface area contributed by atoms with Crippen LogP contribution in [0.15, 0.2) is 24.3 Å². The van der Waals surface area contributed by atoms with Crippen molar-refractivity contribution in [2.45, 2.75) is 26.8 Å². The van der Waals surface area contributed by atoms with Crippen molar-refractivity contribution in [3.8, 4) is 6.07 Å². The average molecular weight is 259 g/mol. The van der Waals surface area contributed by atoms with Crippen LogP contribution < -0.4 is 5.32 Å². The van der Waals surface area contributed by atoms with E-state index in [1.54, 1.807) is 24.3 Å². The normalized spacial score (nSPS) is 11.9. The van der Waals surface area contributed by atoms with Gasteiger partial charge in [0.05, 0.1) is 11.6 Å². The van der Waals surface area contributed by atoms with Crippen molar-refractivity contribution in [1.82, 2.24) is 10.2 Å². The second kappa shape index (κ2) is 7.55. The number of carbonyl (C=O) groups excluding carboxylic acids is 1. The van der Waals surface area contributed by atoms with Crippen LogP contribution in [0.5, 0.6) is 0 Å². The molecule has 0 radical (unpaired) electrons. The molecule has 0 aliphatic carbocycles. The largest absolute Gasteiger partial charge is 0.348 e. The Bertz CT molecular complexity index is 443. The van der Waals surface area contributed by atoms with Crippen LogP contribution >= 0.6 is 0 Å². The fraction of sp³-hybridized carbons (Fsp3) is 0.467. The second-order valence-electron chi connectivity index (χ2n) is 4.55. The topological polar surface area (TPSA) is 56.1 Å². The Balaban J connectivity index is 2.56. The Hall–Kier alpha value is -1.86. The molecule has 0 aliphatic heterocycles. The minimum absolute atomic E-state index is 0.0934. The molecule has 0 saturated carbocycles. The third kappa shape index (κ3) is 4.72. The van der Waals surface area contributed by atoms with Gasteiger partial charge in [-0.3, -0.25) is 4.79 Å². The number of nitriles is 1. The molecule has 0 fully saturated rings. The van der Waals surface area contributed by atoms with Crippen LogP contribution in [0, 0.1) is 11.3 Å². The van der Waals surface area contributed by atoms with Gasteiger partial charge in [-0.05, 0) is 44.3 Å². The summed E-state index contributed by atoms with van der Waals surface area (Å²) in [6, 6.07) is 8.81. The molecule has 1 N–H and O–H groups in total. The molecule has 4 heteroatoms. The second-order valence-corrected chi connectivity index (χ2v) is 4.55. The SMILES string of the molecule is CCN(CC)CC(C)NC(=O)c1ccc(C#N)cc1. The van der Waals surface area contributed by atoms with Crippen molar-refractivity contribution in [1.29, 1.82) is 5.26 Å². The molecule has 0 heterocycles. The number of benzene rings is 1. The van der Waals surface area contributed by atoms with E-state index in [1.165, 1.54) is 0 Å². The van der Waals surface area contributed by atoms with Gasteiger partial charge >= 0.3 is 0 Å². The van der Waals surface area contributed by atoms with E-state index in [9.17, 15) is 4.79 Å². The van der Waals surface area contributed by atoms with Crippen molar-refractivity contribution in [2.75, 3.05) is 19.6 Å². The van der Waals surface area contributed by atoms with Crippen LogP contribution in [0.2, 0.25) is 0 Å². The summed E-state index contributed by atoms with van der Waals surface area (Å²) in [5.41, 5.74) is 1.15.